The number of non-ortho nitro benzene ring substituents is 1. The summed E-state index contributed by atoms with van der Waals surface area (Å²) in [5.74, 6) is 0.989. The van der Waals surface area contributed by atoms with E-state index in [1.807, 2.05) is 0 Å². The van der Waals surface area contributed by atoms with Crippen LogP contribution in [0.4, 0.5) is 5.69 Å². The first-order valence-corrected chi connectivity index (χ1v) is 6.44. The molecule has 3 rings (SSSR count). The minimum absolute atomic E-state index is 0.0744. The smallest absolute Gasteiger partial charge is 0.270 e. The van der Waals surface area contributed by atoms with Gasteiger partial charge in [-0.1, -0.05) is 11.6 Å². The Morgan fingerprint density at radius 2 is 2.05 bits per heavy atom. The zero-order valence-electron chi connectivity index (χ0n) is 11.0. The zero-order valence-corrected chi connectivity index (χ0v) is 11.7. The summed E-state index contributed by atoms with van der Waals surface area (Å²) < 4.78 is 7.01. The van der Waals surface area contributed by atoms with Crippen LogP contribution in [0.3, 0.4) is 0 Å². The number of nitrogens with zero attached hydrogens (tertiary/aromatic N) is 5. The van der Waals surface area contributed by atoms with Crippen molar-refractivity contribution < 1.29 is 9.34 Å². The standard InChI is InChI=1S/C13H8ClN5O3/c14-12-5-9(19(20)21)1-3-11(12)13-4-2-10(22-13)6-17-18-7-15-16-8-18/h1-8H/b17-6+. The van der Waals surface area contributed by atoms with Gasteiger partial charge in [0.1, 0.15) is 24.2 Å². The molecule has 2 aromatic heterocycles. The molecule has 0 fully saturated rings. The second kappa shape index (κ2) is 5.78. The van der Waals surface area contributed by atoms with E-state index in [-0.39, 0.29) is 10.7 Å². The van der Waals surface area contributed by atoms with Crippen molar-refractivity contribution in [3.8, 4) is 11.3 Å². The van der Waals surface area contributed by atoms with Crippen molar-refractivity contribution in [1.29, 1.82) is 0 Å². The summed E-state index contributed by atoms with van der Waals surface area (Å²) >= 11 is 6.06. The molecular formula is C13H8ClN5O3. The third-order valence-corrected chi connectivity index (χ3v) is 3.09. The fourth-order valence-electron chi connectivity index (χ4n) is 1.76. The van der Waals surface area contributed by atoms with E-state index in [4.69, 9.17) is 16.0 Å². The molecule has 0 aliphatic rings. The van der Waals surface area contributed by atoms with Gasteiger partial charge in [-0.15, -0.1) is 10.2 Å². The van der Waals surface area contributed by atoms with Crippen molar-refractivity contribution in [3.63, 3.8) is 0 Å². The molecule has 0 N–H and O–H groups in total. The molecule has 0 aliphatic heterocycles. The zero-order chi connectivity index (χ0) is 15.5. The summed E-state index contributed by atoms with van der Waals surface area (Å²) in [6.45, 7) is 0. The molecule has 9 heteroatoms. The maximum Gasteiger partial charge on any atom is 0.270 e. The predicted molar refractivity (Wildman–Crippen MR) is 78.8 cm³/mol. The van der Waals surface area contributed by atoms with Gasteiger partial charge in [-0.05, 0) is 18.2 Å². The molecular weight excluding hydrogens is 310 g/mol. The minimum atomic E-state index is -0.505. The SMILES string of the molecule is O=[N+]([O-])c1ccc(-c2ccc(/C=N/n3cnnc3)o2)c(Cl)c1. The van der Waals surface area contributed by atoms with Crippen molar-refractivity contribution in [2.75, 3.05) is 0 Å². The average molecular weight is 318 g/mol. The van der Waals surface area contributed by atoms with Gasteiger partial charge in [-0.25, -0.2) is 4.68 Å². The van der Waals surface area contributed by atoms with Crippen molar-refractivity contribution in [2.45, 2.75) is 0 Å². The molecule has 0 amide bonds. The van der Waals surface area contributed by atoms with Gasteiger partial charge in [0, 0.05) is 17.7 Å². The third-order valence-electron chi connectivity index (χ3n) is 2.78. The Balaban J connectivity index is 1.86. The van der Waals surface area contributed by atoms with Crippen molar-refractivity contribution >= 4 is 23.5 Å². The molecule has 0 spiro atoms. The quantitative estimate of drug-likeness (QED) is 0.418. The Hall–Kier alpha value is -3.00. The molecule has 0 atom stereocenters. The molecule has 3 aromatic rings. The number of furan rings is 1. The molecule has 0 saturated heterocycles. The van der Waals surface area contributed by atoms with Crippen LogP contribution in [0.15, 0.2) is 52.5 Å². The average Bonchev–Trinajstić information content (AvgIpc) is 3.16. The van der Waals surface area contributed by atoms with Gasteiger partial charge in [-0.2, -0.15) is 5.10 Å². The minimum Gasteiger partial charge on any atom is -0.455 e. The van der Waals surface area contributed by atoms with Crippen LogP contribution in [0, 0.1) is 10.1 Å². The lowest BCUT2D eigenvalue weighted by Gasteiger charge is -2.00. The first-order valence-electron chi connectivity index (χ1n) is 6.06. The Labute approximate surface area is 128 Å². The van der Waals surface area contributed by atoms with Crippen LogP contribution in [0.25, 0.3) is 11.3 Å². The van der Waals surface area contributed by atoms with Gasteiger partial charge < -0.3 is 4.42 Å². The largest absolute Gasteiger partial charge is 0.455 e. The van der Waals surface area contributed by atoms with Gasteiger partial charge in [0.25, 0.3) is 5.69 Å². The van der Waals surface area contributed by atoms with Crippen LogP contribution >= 0.6 is 11.6 Å². The predicted octanol–water partition coefficient (Wildman–Crippen LogP) is 2.98. The number of rotatable bonds is 4. The summed E-state index contributed by atoms with van der Waals surface area (Å²) in [6.07, 6.45) is 4.37. The number of nitro benzene ring substituents is 1. The lowest BCUT2D eigenvalue weighted by atomic mass is 10.1. The highest BCUT2D eigenvalue weighted by atomic mass is 35.5. The Kier molecular flexibility index (Phi) is 3.67. The Bertz CT molecular complexity index is 841. The van der Waals surface area contributed by atoms with Crippen LogP contribution in [-0.2, 0) is 0 Å². The number of nitro groups is 1. The maximum atomic E-state index is 10.7. The summed E-state index contributed by atoms with van der Waals surface area (Å²) in [5, 5.41) is 22.2. The Morgan fingerprint density at radius 3 is 2.73 bits per heavy atom. The first kappa shape index (κ1) is 14.0. The van der Waals surface area contributed by atoms with E-state index in [2.05, 4.69) is 15.3 Å². The van der Waals surface area contributed by atoms with E-state index in [0.717, 1.165) is 0 Å². The van der Waals surface area contributed by atoms with Crippen molar-refractivity contribution in [3.05, 3.63) is 63.9 Å². The summed E-state index contributed by atoms with van der Waals surface area (Å²) in [4.78, 5) is 10.2. The second-order valence-corrected chi connectivity index (χ2v) is 4.62. The van der Waals surface area contributed by atoms with Gasteiger partial charge in [0.05, 0.1) is 16.2 Å². The normalized spacial score (nSPS) is 11.1. The van der Waals surface area contributed by atoms with Crippen LogP contribution < -0.4 is 0 Å². The molecule has 0 unspecified atom stereocenters. The molecule has 8 nitrogen and oxygen atoms in total. The second-order valence-electron chi connectivity index (χ2n) is 4.21. The summed E-state index contributed by atoms with van der Waals surface area (Å²) in [5.41, 5.74) is 0.492. The first-order chi connectivity index (χ1) is 10.6. The van der Waals surface area contributed by atoms with E-state index in [9.17, 15) is 10.1 Å². The summed E-state index contributed by atoms with van der Waals surface area (Å²) in [7, 11) is 0. The van der Waals surface area contributed by atoms with Crippen LogP contribution in [0.5, 0.6) is 0 Å². The number of hydrogen-bond acceptors (Lipinski definition) is 6. The van der Waals surface area contributed by atoms with Gasteiger partial charge in [-0.3, -0.25) is 10.1 Å². The number of benzene rings is 1. The maximum absolute atomic E-state index is 10.7. The highest BCUT2D eigenvalue weighted by Gasteiger charge is 2.13. The molecule has 1 aromatic carbocycles. The monoisotopic (exact) mass is 317 g/mol. The van der Waals surface area contributed by atoms with Gasteiger partial charge >= 0.3 is 0 Å². The van der Waals surface area contributed by atoms with E-state index in [1.54, 1.807) is 18.2 Å². The van der Waals surface area contributed by atoms with E-state index in [1.165, 1.54) is 35.7 Å². The lowest BCUT2D eigenvalue weighted by Crippen LogP contribution is -1.88. The van der Waals surface area contributed by atoms with Crippen LogP contribution in [-0.4, -0.2) is 26.0 Å². The van der Waals surface area contributed by atoms with Crippen LogP contribution in [0.1, 0.15) is 5.76 Å². The number of aromatic nitrogens is 3. The molecule has 0 saturated carbocycles. The fraction of sp³-hybridized carbons (Fsp3) is 0. The number of halogens is 1. The van der Waals surface area contributed by atoms with Crippen LogP contribution in [0.2, 0.25) is 5.02 Å². The highest BCUT2D eigenvalue weighted by Crippen LogP contribution is 2.31. The molecule has 0 radical (unpaired) electrons. The highest BCUT2D eigenvalue weighted by molar-refractivity contribution is 6.33. The topological polar surface area (TPSA) is 99.3 Å². The molecule has 110 valence electrons. The lowest BCUT2D eigenvalue weighted by molar-refractivity contribution is -0.384. The van der Waals surface area contributed by atoms with Gasteiger partial charge in [0.2, 0.25) is 0 Å². The molecule has 0 aliphatic carbocycles. The Morgan fingerprint density at radius 1 is 1.27 bits per heavy atom. The molecule has 2 heterocycles. The van der Waals surface area contributed by atoms with E-state index < -0.39 is 4.92 Å². The van der Waals surface area contributed by atoms with Crippen molar-refractivity contribution in [1.82, 2.24) is 14.9 Å². The fourth-order valence-corrected chi connectivity index (χ4v) is 2.03. The van der Waals surface area contributed by atoms with E-state index >= 15 is 0 Å². The number of hydrogen-bond donors (Lipinski definition) is 0. The molecule has 22 heavy (non-hydrogen) atoms. The molecule has 0 bridgehead atoms. The summed E-state index contributed by atoms with van der Waals surface area (Å²) in [6, 6.07) is 7.61. The van der Waals surface area contributed by atoms with Crippen molar-refractivity contribution in [2.24, 2.45) is 5.10 Å². The van der Waals surface area contributed by atoms with E-state index in [0.29, 0.717) is 17.1 Å². The van der Waals surface area contributed by atoms with Gasteiger partial charge in [0.15, 0.2) is 0 Å². The third kappa shape index (κ3) is 2.86.